The van der Waals surface area contributed by atoms with Crippen LogP contribution in [0.2, 0.25) is 0 Å². The minimum absolute atomic E-state index is 0.00210. The third-order valence-electron chi connectivity index (χ3n) is 3.60. The van der Waals surface area contributed by atoms with Crippen LogP contribution in [0.5, 0.6) is 11.5 Å². The normalized spacial score (nSPS) is 10.7. The Morgan fingerprint density at radius 1 is 1.33 bits per heavy atom. The Balaban J connectivity index is 1.61. The summed E-state index contributed by atoms with van der Waals surface area (Å²) in [7, 11) is 1.50. The first-order valence-corrected chi connectivity index (χ1v) is 7.99. The monoisotopic (exact) mass is 364 g/mol. The molecule has 0 aliphatic carbocycles. The summed E-state index contributed by atoms with van der Waals surface area (Å²) in [6.07, 6.45) is 1.48. The van der Waals surface area contributed by atoms with Gasteiger partial charge in [-0.1, -0.05) is 17.3 Å². The van der Waals surface area contributed by atoms with Gasteiger partial charge in [-0.25, -0.2) is 10.1 Å². The lowest BCUT2D eigenvalue weighted by molar-refractivity contribution is -0.121. The standard InChI is InChI=1S/C18H16N6O3/c1-26-17-10-13(6-7-16(17)27-9-8-19)11-20-22-18(25)12-24-15-5-3-2-4-14(15)21-23-24/h2-7,10-11H,9,12H2,1H3,(H,22,25)/b20-11-. The largest absolute Gasteiger partial charge is 0.493 e. The summed E-state index contributed by atoms with van der Waals surface area (Å²) < 4.78 is 12.0. The number of methoxy groups -OCH3 is 1. The molecule has 0 spiro atoms. The van der Waals surface area contributed by atoms with E-state index in [0.29, 0.717) is 17.1 Å². The van der Waals surface area contributed by atoms with Crippen LogP contribution in [0.4, 0.5) is 0 Å². The first kappa shape index (κ1) is 17.9. The number of fused-ring (bicyclic) bond motifs is 1. The Kier molecular flexibility index (Phi) is 5.59. The Morgan fingerprint density at radius 2 is 2.19 bits per heavy atom. The number of nitrogens with one attached hydrogen (secondary N) is 1. The summed E-state index contributed by atoms with van der Waals surface area (Å²) in [6.45, 7) is -0.0705. The molecule has 0 saturated carbocycles. The molecule has 0 aliphatic heterocycles. The SMILES string of the molecule is COc1cc(/C=N\NC(=O)Cn2nnc3ccccc32)ccc1OCC#N. The zero-order valence-electron chi connectivity index (χ0n) is 14.5. The van der Waals surface area contributed by atoms with Gasteiger partial charge in [-0.05, 0) is 35.9 Å². The molecule has 27 heavy (non-hydrogen) atoms. The first-order valence-electron chi connectivity index (χ1n) is 7.99. The molecule has 1 N–H and O–H groups in total. The number of hydrogen-bond acceptors (Lipinski definition) is 7. The number of carbonyl (C=O) groups is 1. The highest BCUT2D eigenvalue weighted by Gasteiger charge is 2.08. The smallest absolute Gasteiger partial charge is 0.261 e. The fourth-order valence-corrected chi connectivity index (χ4v) is 2.38. The third-order valence-corrected chi connectivity index (χ3v) is 3.60. The lowest BCUT2D eigenvalue weighted by Crippen LogP contribution is -2.23. The molecule has 3 aromatic rings. The fraction of sp³-hybridized carbons (Fsp3) is 0.167. The van der Waals surface area contributed by atoms with Gasteiger partial charge in [0.15, 0.2) is 18.1 Å². The number of ether oxygens (including phenoxy) is 2. The molecule has 0 radical (unpaired) electrons. The summed E-state index contributed by atoms with van der Waals surface area (Å²) in [4.78, 5) is 12.1. The number of para-hydroxylation sites is 1. The molecule has 1 aromatic heterocycles. The predicted octanol–water partition coefficient (Wildman–Crippen LogP) is 1.49. The Hall–Kier alpha value is -3.93. The van der Waals surface area contributed by atoms with Crippen LogP contribution < -0.4 is 14.9 Å². The summed E-state index contributed by atoms with van der Waals surface area (Å²) in [5, 5.41) is 20.5. The number of aromatic nitrogens is 3. The van der Waals surface area contributed by atoms with Crippen molar-refractivity contribution in [3.8, 4) is 17.6 Å². The van der Waals surface area contributed by atoms with Gasteiger partial charge < -0.3 is 9.47 Å². The van der Waals surface area contributed by atoms with E-state index in [1.807, 2.05) is 30.3 Å². The topological polar surface area (TPSA) is 114 Å². The third kappa shape index (κ3) is 4.38. The van der Waals surface area contributed by atoms with E-state index >= 15 is 0 Å². The lowest BCUT2D eigenvalue weighted by atomic mass is 10.2. The van der Waals surface area contributed by atoms with E-state index in [1.54, 1.807) is 18.2 Å². The highest BCUT2D eigenvalue weighted by molar-refractivity contribution is 5.84. The quantitative estimate of drug-likeness (QED) is 0.502. The second-order valence-corrected chi connectivity index (χ2v) is 5.39. The van der Waals surface area contributed by atoms with Crippen LogP contribution in [-0.4, -0.2) is 40.8 Å². The van der Waals surface area contributed by atoms with Gasteiger partial charge in [0.2, 0.25) is 0 Å². The molecule has 9 heteroatoms. The minimum Gasteiger partial charge on any atom is -0.493 e. The van der Waals surface area contributed by atoms with Gasteiger partial charge in [0, 0.05) is 0 Å². The van der Waals surface area contributed by atoms with Crippen molar-refractivity contribution >= 4 is 23.2 Å². The number of hydrogen-bond donors (Lipinski definition) is 1. The highest BCUT2D eigenvalue weighted by Crippen LogP contribution is 2.27. The molecule has 1 amide bonds. The molecule has 9 nitrogen and oxygen atoms in total. The van der Waals surface area contributed by atoms with Gasteiger partial charge in [0.25, 0.3) is 5.91 Å². The molecule has 1 heterocycles. The maximum absolute atomic E-state index is 12.1. The number of nitriles is 1. The second kappa shape index (κ2) is 8.44. The highest BCUT2D eigenvalue weighted by atomic mass is 16.5. The molecule has 136 valence electrons. The van der Waals surface area contributed by atoms with E-state index in [4.69, 9.17) is 14.7 Å². The summed E-state index contributed by atoms with van der Waals surface area (Å²) in [6, 6.07) is 14.4. The Labute approximate surface area is 154 Å². The maximum atomic E-state index is 12.1. The maximum Gasteiger partial charge on any atom is 0.261 e. The molecule has 0 atom stereocenters. The number of benzene rings is 2. The molecular weight excluding hydrogens is 348 g/mol. The van der Waals surface area contributed by atoms with Gasteiger partial charge in [-0.2, -0.15) is 10.4 Å². The summed E-state index contributed by atoms with van der Waals surface area (Å²) >= 11 is 0. The summed E-state index contributed by atoms with van der Waals surface area (Å²) in [5.41, 5.74) is 4.64. The van der Waals surface area contributed by atoms with E-state index in [2.05, 4.69) is 20.8 Å². The van der Waals surface area contributed by atoms with Crippen molar-refractivity contribution < 1.29 is 14.3 Å². The van der Waals surface area contributed by atoms with Gasteiger partial charge in [0.1, 0.15) is 18.1 Å². The van der Waals surface area contributed by atoms with Gasteiger partial charge in [-0.15, -0.1) is 5.10 Å². The average Bonchev–Trinajstić information content (AvgIpc) is 3.09. The van der Waals surface area contributed by atoms with E-state index in [1.165, 1.54) is 18.0 Å². The van der Waals surface area contributed by atoms with Gasteiger partial charge >= 0.3 is 0 Å². The van der Waals surface area contributed by atoms with Crippen molar-refractivity contribution in [3.05, 3.63) is 48.0 Å². The summed E-state index contributed by atoms with van der Waals surface area (Å²) in [5.74, 6) is 0.593. The fourth-order valence-electron chi connectivity index (χ4n) is 2.38. The van der Waals surface area contributed by atoms with E-state index < -0.39 is 0 Å². The number of hydrazone groups is 1. The van der Waals surface area contributed by atoms with Crippen LogP contribution in [-0.2, 0) is 11.3 Å². The minimum atomic E-state index is -0.331. The molecule has 0 unspecified atom stereocenters. The lowest BCUT2D eigenvalue weighted by Gasteiger charge is -2.08. The van der Waals surface area contributed by atoms with Crippen LogP contribution in [0.25, 0.3) is 11.0 Å². The molecular formula is C18H16N6O3. The van der Waals surface area contributed by atoms with Crippen LogP contribution >= 0.6 is 0 Å². The number of nitrogens with zero attached hydrogens (tertiary/aromatic N) is 5. The van der Waals surface area contributed by atoms with E-state index in [9.17, 15) is 4.79 Å². The van der Waals surface area contributed by atoms with Crippen molar-refractivity contribution in [2.45, 2.75) is 6.54 Å². The average molecular weight is 364 g/mol. The zero-order valence-corrected chi connectivity index (χ0v) is 14.5. The van der Waals surface area contributed by atoms with E-state index in [-0.39, 0.29) is 19.1 Å². The van der Waals surface area contributed by atoms with Gasteiger partial charge in [-0.3, -0.25) is 4.79 Å². The molecule has 0 aliphatic rings. The van der Waals surface area contributed by atoms with Crippen LogP contribution in [0, 0.1) is 11.3 Å². The number of carbonyl (C=O) groups excluding carboxylic acids is 1. The number of amides is 1. The van der Waals surface area contributed by atoms with Crippen LogP contribution in [0.3, 0.4) is 0 Å². The predicted molar refractivity (Wildman–Crippen MR) is 97.4 cm³/mol. The molecule has 3 rings (SSSR count). The Morgan fingerprint density at radius 3 is 3.00 bits per heavy atom. The van der Waals surface area contributed by atoms with Crippen molar-refractivity contribution in [2.75, 3.05) is 13.7 Å². The Bertz CT molecular complexity index is 1020. The molecule has 2 aromatic carbocycles. The second-order valence-electron chi connectivity index (χ2n) is 5.39. The first-order chi connectivity index (χ1) is 13.2. The van der Waals surface area contributed by atoms with Crippen molar-refractivity contribution in [3.63, 3.8) is 0 Å². The molecule has 0 saturated heterocycles. The zero-order chi connectivity index (χ0) is 19.1. The van der Waals surface area contributed by atoms with Crippen molar-refractivity contribution in [2.24, 2.45) is 5.10 Å². The van der Waals surface area contributed by atoms with Crippen LogP contribution in [0.1, 0.15) is 5.56 Å². The molecule has 0 bridgehead atoms. The van der Waals surface area contributed by atoms with Gasteiger partial charge in [0.05, 0.1) is 18.8 Å². The van der Waals surface area contributed by atoms with Crippen molar-refractivity contribution in [1.29, 1.82) is 5.26 Å². The van der Waals surface area contributed by atoms with Crippen LogP contribution in [0.15, 0.2) is 47.6 Å². The molecule has 0 fully saturated rings. The van der Waals surface area contributed by atoms with E-state index in [0.717, 1.165) is 11.0 Å². The number of rotatable bonds is 7. The van der Waals surface area contributed by atoms with Crippen molar-refractivity contribution in [1.82, 2.24) is 20.4 Å².